The zero-order chi connectivity index (χ0) is 18.2. The summed E-state index contributed by atoms with van der Waals surface area (Å²) in [6.45, 7) is 3.03. The number of nitrogens with two attached hydrogens (primary N) is 1. The van der Waals surface area contributed by atoms with Crippen LogP contribution in [0.5, 0.6) is 0 Å². The fraction of sp³-hybridized carbons (Fsp3) is 1.00. The minimum Gasteiger partial charge on any atom is -0.635 e. The Kier molecular flexibility index (Phi) is 9.08. The molecule has 1 saturated heterocycles. The fourth-order valence-electron chi connectivity index (χ4n) is 3.37. The van der Waals surface area contributed by atoms with E-state index in [2.05, 4.69) is 6.92 Å². The summed E-state index contributed by atoms with van der Waals surface area (Å²) < 4.78 is 5.44. The molecule has 1 aliphatic rings. The van der Waals surface area contributed by atoms with Crippen molar-refractivity contribution in [2.24, 2.45) is 0 Å². The molecule has 5 atom stereocenters. The first-order chi connectivity index (χ1) is 11.4. The molecule has 0 aromatic rings. The zero-order valence-electron chi connectivity index (χ0n) is 15.0. The van der Waals surface area contributed by atoms with Crippen molar-refractivity contribution in [2.75, 3.05) is 6.61 Å². The summed E-state index contributed by atoms with van der Waals surface area (Å²) in [5.41, 5.74) is -1.18. The first-order valence-corrected chi connectivity index (χ1v) is 9.19. The lowest BCUT2D eigenvalue weighted by Gasteiger charge is -2.53. The number of rotatable bonds is 11. The van der Waals surface area contributed by atoms with Crippen LogP contribution in [0.2, 0.25) is 0 Å². The lowest BCUT2D eigenvalue weighted by Crippen LogP contribution is -3.02. The Morgan fingerprint density at radius 2 is 1.58 bits per heavy atom. The van der Waals surface area contributed by atoms with Crippen LogP contribution in [-0.2, 0) is 4.74 Å². The Morgan fingerprint density at radius 1 is 1.04 bits per heavy atom. The van der Waals surface area contributed by atoms with Crippen molar-refractivity contribution in [3.05, 3.63) is 5.21 Å². The molecular formula is C17H35NO6. The maximum atomic E-state index is 11.5. The molecular weight excluding hydrogens is 314 g/mol. The summed E-state index contributed by atoms with van der Waals surface area (Å²) in [7, 11) is 0. The maximum Gasteiger partial charge on any atom is 0.225 e. The lowest BCUT2D eigenvalue weighted by molar-refractivity contribution is -0.719. The number of unbranched alkanes of at least 4 members (excludes halogenated alkanes) is 7. The highest BCUT2D eigenvalue weighted by molar-refractivity contribution is 5.04. The standard InChI is InChI=1S/C17H35NO6/c1-3-4-5-6-7-8-9-10-11-17(22)16(2,18-23)15(21)14(20)13(12-19)24-17/h13-15,19-22H,3-12,18H2,1-2H3/t13-,14-,15+,16-,17?/m1/s1. The van der Waals surface area contributed by atoms with Crippen molar-refractivity contribution in [3.63, 3.8) is 0 Å². The van der Waals surface area contributed by atoms with Gasteiger partial charge in [0.15, 0.2) is 5.54 Å². The SMILES string of the molecule is CCCCCCCCCCC1(O)O[C@H](CO)[C@@H](O)[C@H](O)[C@@]1(C)[NH2+][O-]. The van der Waals surface area contributed by atoms with E-state index in [1.165, 1.54) is 32.6 Å². The predicted molar refractivity (Wildman–Crippen MR) is 89.8 cm³/mol. The van der Waals surface area contributed by atoms with Crippen LogP contribution in [0.1, 0.15) is 71.6 Å². The van der Waals surface area contributed by atoms with Gasteiger partial charge in [-0.1, -0.05) is 51.9 Å². The molecule has 1 heterocycles. The Morgan fingerprint density at radius 3 is 2.08 bits per heavy atom. The van der Waals surface area contributed by atoms with Crippen molar-refractivity contribution in [3.8, 4) is 0 Å². The summed E-state index contributed by atoms with van der Waals surface area (Å²) in [4.78, 5) is 0. The van der Waals surface area contributed by atoms with Gasteiger partial charge in [0.05, 0.1) is 6.61 Å². The highest BCUT2D eigenvalue weighted by Gasteiger charge is 2.62. The molecule has 0 amide bonds. The molecule has 0 saturated carbocycles. The van der Waals surface area contributed by atoms with Gasteiger partial charge in [0, 0.05) is 6.42 Å². The summed E-state index contributed by atoms with van der Waals surface area (Å²) in [5, 5.41) is 51.8. The summed E-state index contributed by atoms with van der Waals surface area (Å²) in [5.74, 6) is -1.89. The van der Waals surface area contributed by atoms with Crippen LogP contribution in [-0.4, -0.2) is 56.7 Å². The van der Waals surface area contributed by atoms with Crippen LogP contribution in [0, 0.1) is 5.21 Å². The van der Waals surface area contributed by atoms with Crippen molar-refractivity contribution >= 4 is 0 Å². The van der Waals surface area contributed by atoms with E-state index >= 15 is 0 Å². The highest BCUT2D eigenvalue weighted by atomic mass is 16.7. The predicted octanol–water partition coefficient (Wildman–Crippen LogP) is 0.139. The van der Waals surface area contributed by atoms with Crippen LogP contribution < -0.4 is 5.48 Å². The topological polar surface area (TPSA) is 130 Å². The average molecular weight is 349 g/mol. The van der Waals surface area contributed by atoms with E-state index in [0.29, 0.717) is 11.9 Å². The molecule has 1 rings (SSSR count). The number of aliphatic hydroxyl groups is 4. The molecule has 0 radical (unpaired) electrons. The van der Waals surface area contributed by atoms with Crippen LogP contribution >= 0.6 is 0 Å². The summed E-state index contributed by atoms with van der Waals surface area (Å²) >= 11 is 0. The van der Waals surface area contributed by atoms with Gasteiger partial charge in [0.1, 0.15) is 18.3 Å². The van der Waals surface area contributed by atoms with E-state index in [1.54, 1.807) is 0 Å². The van der Waals surface area contributed by atoms with E-state index in [9.17, 15) is 25.6 Å². The number of ether oxygens (including phenoxy) is 1. The average Bonchev–Trinajstić information content (AvgIpc) is 2.58. The van der Waals surface area contributed by atoms with Crippen molar-refractivity contribution < 1.29 is 30.6 Å². The number of aliphatic hydroxyl groups excluding tert-OH is 3. The second kappa shape index (κ2) is 10.0. The Balaban J connectivity index is 2.52. The second-order valence-corrected chi connectivity index (χ2v) is 7.18. The van der Waals surface area contributed by atoms with E-state index in [1.807, 2.05) is 0 Å². The molecule has 0 spiro atoms. The third-order valence-electron chi connectivity index (χ3n) is 5.30. The monoisotopic (exact) mass is 349 g/mol. The number of quaternary nitrogens is 1. The summed E-state index contributed by atoms with van der Waals surface area (Å²) in [6, 6.07) is 0. The van der Waals surface area contributed by atoms with E-state index < -0.39 is 36.2 Å². The molecule has 7 heteroatoms. The van der Waals surface area contributed by atoms with Gasteiger partial charge in [0.25, 0.3) is 0 Å². The number of hydrogen-bond donors (Lipinski definition) is 5. The van der Waals surface area contributed by atoms with E-state index in [-0.39, 0.29) is 6.42 Å². The first-order valence-electron chi connectivity index (χ1n) is 9.19. The smallest absolute Gasteiger partial charge is 0.225 e. The Bertz CT molecular complexity index is 358. The molecule has 6 N–H and O–H groups in total. The zero-order valence-corrected chi connectivity index (χ0v) is 15.0. The lowest BCUT2D eigenvalue weighted by atomic mass is 9.76. The van der Waals surface area contributed by atoms with Gasteiger partial charge in [-0.3, -0.25) is 0 Å². The summed E-state index contributed by atoms with van der Waals surface area (Å²) in [6.07, 6.45) is 4.84. The van der Waals surface area contributed by atoms with Crippen molar-refractivity contribution in [2.45, 2.75) is 101 Å². The van der Waals surface area contributed by atoms with Crippen molar-refractivity contribution in [1.29, 1.82) is 0 Å². The van der Waals surface area contributed by atoms with Crippen LogP contribution in [0.15, 0.2) is 0 Å². The molecule has 24 heavy (non-hydrogen) atoms. The van der Waals surface area contributed by atoms with Gasteiger partial charge in [-0.15, -0.1) is 0 Å². The maximum absolute atomic E-state index is 11.5. The fourth-order valence-corrected chi connectivity index (χ4v) is 3.37. The number of hydroxylamine groups is 1. The molecule has 1 fully saturated rings. The normalized spacial score (nSPS) is 36.9. The number of hydrogen-bond acceptors (Lipinski definition) is 6. The minimum atomic E-state index is -1.89. The van der Waals surface area contributed by atoms with Gasteiger partial charge in [-0.25, -0.2) is 0 Å². The molecule has 1 aliphatic heterocycles. The minimum absolute atomic E-state index is 0.178. The molecule has 144 valence electrons. The van der Waals surface area contributed by atoms with Crippen LogP contribution in [0.25, 0.3) is 0 Å². The molecule has 1 unspecified atom stereocenters. The molecule has 0 aromatic heterocycles. The van der Waals surface area contributed by atoms with Gasteiger partial charge in [0.2, 0.25) is 5.79 Å². The van der Waals surface area contributed by atoms with E-state index in [4.69, 9.17) is 4.74 Å². The van der Waals surface area contributed by atoms with Crippen LogP contribution in [0.4, 0.5) is 0 Å². The molecule has 0 aliphatic carbocycles. The quantitative estimate of drug-likeness (QED) is 0.266. The highest BCUT2D eigenvalue weighted by Crippen LogP contribution is 2.37. The van der Waals surface area contributed by atoms with Gasteiger partial charge < -0.3 is 35.9 Å². The van der Waals surface area contributed by atoms with Crippen molar-refractivity contribution in [1.82, 2.24) is 0 Å². The Hall–Kier alpha value is -0.280. The Labute approximate surface area is 144 Å². The van der Waals surface area contributed by atoms with Crippen LogP contribution in [0.3, 0.4) is 0 Å². The van der Waals surface area contributed by atoms with Gasteiger partial charge >= 0.3 is 0 Å². The molecule has 0 aromatic carbocycles. The van der Waals surface area contributed by atoms with Gasteiger partial charge in [-0.05, 0) is 13.3 Å². The third kappa shape index (κ3) is 4.88. The molecule has 0 bridgehead atoms. The first kappa shape index (κ1) is 21.8. The van der Waals surface area contributed by atoms with E-state index in [0.717, 1.165) is 19.3 Å². The molecule has 7 nitrogen and oxygen atoms in total. The third-order valence-corrected chi connectivity index (χ3v) is 5.30. The second-order valence-electron chi connectivity index (χ2n) is 7.18. The van der Waals surface area contributed by atoms with Gasteiger partial charge in [-0.2, -0.15) is 0 Å². The largest absolute Gasteiger partial charge is 0.635 e.